The van der Waals surface area contributed by atoms with Crippen molar-refractivity contribution < 1.29 is 13.4 Å². The Balaban J connectivity index is 2.22. The Kier molecular flexibility index (Phi) is 5.41. The van der Waals surface area contributed by atoms with E-state index >= 15 is 0 Å². The van der Waals surface area contributed by atoms with Gasteiger partial charge in [-0.2, -0.15) is 0 Å². The van der Waals surface area contributed by atoms with Crippen LogP contribution in [0.2, 0.25) is 0 Å². The molecule has 0 aliphatic carbocycles. The Morgan fingerprint density at radius 1 is 1.50 bits per heavy atom. The van der Waals surface area contributed by atoms with Gasteiger partial charge in [-0.05, 0) is 6.07 Å². The van der Waals surface area contributed by atoms with Gasteiger partial charge in [0, 0.05) is 53.6 Å². The fourth-order valence-corrected chi connectivity index (χ4v) is 3.14. The minimum atomic E-state index is -1.03. The molecule has 9 heteroatoms. The molecule has 1 atom stereocenters. The molecule has 0 bridgehead atoms. The number of hydrogen-bond donors (Lipinski definition) is 0. The summed E-state index contributed by atoms with van der Waals surface area (Å²) < 4.78 is 24.3. The molecular formula is C13H13BFN3O2S2. The first-order chi connectivity index (χ1) is 10.4. The molecule has 114 valence electrons. The summed E-state index contributed by atoms with van der Waals surface area (Å²) >= 11 is 1.18. The fourth-order valence-electron chi connectivity index (χ4n) is 1.73. The number of carbonyl (C=O) groups excluding carboxylic acids is 1. The standard InChI is InChI=1S/C13H13BFN3O2S2/c1-18(10(19)3-4-22(2)20)13-11(14)17-12(21-13)8-5-9(15)7-16-6-8/h5-7H,3-4H2,1-2H3. The van der Waals surface area contributed by atoms with Gasteiger partial charge in [-0.3, -0.25) is 19.0 Å². The fraction of sp³-hybridized carbons (Fsp3) is 0.308. The predicted octanol–water partition coefficient (Wildman–Crippen LogP) is 0.869. The summed E-state index contributed by atoms with van der Waals surface area (Å²) in [5.41, 5.74) is 0.691. The molecule has 5 nitrogen and oxygen atoms in total. The molecule has 0 fully saturated rings. The van der Waals surface area contributed by atoms with E-state index in [-0.39, 0.29) is 17.9 Å². The van der Waals surface area contributed by atoms with Crippen LogP contribution < -0.4 is 10.5 Å². The number of hydrogen-bond acceptors (Lipinski definition) is 5. The van der Waals surface area contributed by atoms with Gasteiger partial charge in [-0.1, -0.05) is 11.3 Å². The minimum Gasteiger partial charge on any atom is -0.306 e. The quantitative estimate of drug-likeness (QED) is 0.760. The van der Waals surface area contributed by atoms with E-state index in [0.29, 0.717) is 21.3 Å². The van der Waals surface area contributed by atoms with E-state index in [1.165, 1.54) is 28.5 Å². The number of halogens is 1. The highest BCUT2D eigenvalue weighted by atomic mass is 32.2. The largest absolute Gasteiger partial charge is 0.306 e. The summed E-state index contributed by atoms with van der Waals surface area (Å²) in [6.45, 7) is 0. The van der Waals surface area contributed by atoms with Crippen molar-refractivity contribution in [3.05, 3.63) is 24.3 Å². The number of anilines is 1. The molecule has 0 saturated heterocycles. The zero-order valence-corrected chi connectivity index (χ0v) is 13.7. The molecule has 1 unspecified atom stereocenters. The highest BCUT2D eigenvalue weighted by Gasteiger charge is 2.18. The third kappa shape index (κ3) is 3.98. The van der Waals surface area contributed by atoms with Crippen molar-refractivity contribution in [1.29, 1.82) is 0 Å². The van der Waals surface area contributed by atoms with Crippen LogP contribution in [0.1, 0.15) is 6.42 Å². The summed E-state index contributed by atoms with van der Waals surface area (Å²) in [5, 5.41) is 0.962. The van der Waals surface area contributed by atoms with E-state index < -0.39 is 16.6 Å². The third-order valence-corrected chi connectivity index (χ3v) is 4.84. The molecule has 1 amide bonds. The number of carbonyl (C=O) groups is 1. The molecule has 0 aliphatic rings. The topological polar surface area (TPSA) is 63.2 Å². The summed E-state index contributed by atoms with van der Waals surface area (Å²) in [5.74, 6) is -0.375. The van der Waals surface area contributed by atoms with E-state index in [1.54, 1.807) is 13.3 Å². The van der Waals surface area contributed by atoms with E-state index in [4.69, 9.17) is 7.85 Å². The molecule has 22 heavy (non-hydrogen) atoms. The van der Waals surface area contributed by atoms with E-state index in [0.717, 1.165) is 6.20 Å². The Bertz CT molecular complexity index is 723. The SMILES string of the molecule is [B]c1nc(-c2cncc(F)c2)sc1N(C)C(=O)CCS(C)=O. The van der Waals surface area contributed by atoms with Crippen molar-refractivity contribution in [2.75, 3.05) is 24.0 Å². The first-order valence-electron chi connectivity index (χ1n) is 6.32. The highest BCUT2D eigenvalue weighted by molar-refractivity contribution is 7.84. The smallest absolute Gasteiger partial charge is 0.228 e. The molecule has 2 radical (unpaired) electrons. The van der Waals surface area contributed by atoms with E-state index in [1.807, 2.05) is 0 Å². The summed E-state index contributed by atoms with van der Waals surface area (Å²) in [7, 11) is 6.39. The van der Waals surface area contributed by atoms with Crippen molar-refractivity contribution >= 4 is 46.5 Å². The lowest BCUT2D eigenvalue weighted by molar-refractivity contribution is -0.117. The maximum absolute atomic E-state index is 13.2. The van der Waals surface area contributed by atoms with Gasteiger partial charge < -0.3 is 4.90 Å². The zero-order valence-electron chi connectivity index (χ0n) is 12.1. The maximum atomic E-state index is 13.2. The van der Waals surface area contributed by atoms with Crippen molar-refractivity contribution in [2.45, 2.75) is 6.42 Å². The Morgan fingerprint density at radius 2 is 2.23 bits per heavy atom. The van der Waals surface area contributed by atoms with Crippen molar-refractivity contribution in [1.82, 2.24) is 9.97 Å². The van der Waals surface area contributed by atoms with Crippen LogP contribution in [0, 0.1) is 5.82 Å². The molecule has 0 saturated carbocycles. The summed E-state index contributed by atoms with van der Waals surface area (Å²) in [6.07, 6.45) is 4.28. The first-order valence-corrected chi connectivity index (χ1v) is 8.86. The number of nitrogens with zero attached hydrogens (tertiary/aromatic N) is 3. The molecule has 2 heterocycles. The normalized spacial score (nSPS) is 12.1. The molecule has 2 aromatic heterocycles. The van der Waals surface area contributed by atoms with Crippen molar-refractivity contribution in [2.24, 2.45) is 0 Å². The highest BCUT2D eigenvalue weighted by Crippen LogP contribution is 2.28. The predicted molar refractivity (Wildman–Crippen MR) is 87.7 cm³/mol. The van der Waals surface area contributed by atoms with Crippen molar-refractivity contribution in [3.63, 3.8) is 0 Å². The maximum Gasteiger partial charge on any atom is 0.228 e. The van der Waals surface area contributed by atoms with Crippen LogP contribution >= 0.6 is 11.3 Å². The van der Waals surface area contributed by atoms with Crippen LogP contribution in [0.15, 0.2) is 18.5 Å². The number of amides is 1. The van der Waals surface area contributed by atoms with Crippen molar-refractivity contribution in [3.8, 4) is 10.6 Å². The molecular weight excluding hydrogens is 324 g/mol. The Labute approximate surface area is 135 Å². The number of rotatable bonds is 5. The molecule has 0 aliphatic heterocycles. The summed E-state index contributed by atoms with van der Waals surface area (Å²) in [4.78, 5) is 21.3. The van der Waals surface area contributed by atoms with Crippen LogP contribution in [0.4, 0.5) is 9.39 Å². The lowest BCUT2D eigenvalue weighted by Crippen LogP contribution is -2.30. The van der Waals surface area contributed by atoms with Crippen LogP contribution in [-0.2, 0) is 15.6 Å². The van der Waals surface area contributed by atoms with Gasteiger partial charge in [-0.25, -0.2) is 4.39 Å². The second kappa shape index (κ2) is 7.10. The second-order valence-electron chi connectivity index (χ2n) is 4.58. The average Bonchev–Trinajstić information content (AvgIpc) is 2.86. The van der Waals surface area contributed by atoms with Gasteiger partial charge in [0.15, 0.2) is 0 Å². The van der Waals surface area contributed by atoms with Crippen LogP contribution in [-0.4, -0.2) is 47.0 Å². The lowest BCUT2D eigenvalue weighted by atomic mass is 10.1. The lowest BCUT2D eigenvalue weighted by Gasteiger charge is -2.15. The zero-order chi connectivity index (χ0) is 16.3. The van der Waals surface area contributed by atoms with Gasteiger partial charge in [0.1, 0.15) is 23.7 Å². The van der Waals surface area contributed by atoms with E-state index in [9.17, 15) is 13.4 Å². The average molecular weight is 337 g/mol. The number of pyridine rings is 1. The van der Waals surface area contributed by atoms with Crippen LogP contribution in [0.3, 0.4) is 0 Å². The molecule has 0 N–H and O–H groups in total. The summed E-state index contributed by atoms with van der Waals surface area (Å²) in [6, 6.07) is 1.30. The first kappa shape index (κ1) is 16.8. The number of thiazole rings is 1. The number of aromatic nitrogens is 2. The Hall–Kier alpha value is -1.61. The third-order valence-electron chi connectivity index (χ3n) is 2.87. The molecule has 0 aromatic carbocycles. The van der Waals surface area contributed by atoms with Gasteiger partial charge in [0.2, 0.25) is 5.91 Å². The van der Waals surface area contributed by atoms with Crippen LogP contribution in [0.25, 0.3) is 10.6 Å². The minimum absolute atomic E-state index is 0.161. The van der Waals surface area contributed by atoms with Crippen LogP contribution in [0.5, 0.6) is 0 Å². The Morgan fingerprint density at radius 3 is 2.86 bits per heavy atom. The second-order valence-corrected chi connectivity index (χ2v) is 7.11. The van der Waals surface area contributed by atoms with Gasteiger partial charge >= 0.3 is 0 Å². The molecule has 2 rings (SSSR count). The van der Waals surface area contributed by atoms with E-state index in [2.05, 4.69) is 9.97 Å². The monoisotopic (exact) mass is 337 g/mol. The van der Waals surface area contributed by atoms with Gasteiger partial charge in [0.05, 0.1) is 6.20 Å². The van der Waals surface area contributed by atoms with Gasteiger partial charge in [-0.15, -0.1) is 0 Å². The molecule has 2 aromatic rings. The molecule has 0 spiro atoms. The van der Waals surface area contributed by atoms with Gasteiger partial charge in [0.25, 0.3) is 0 Å².